The van der Waals surface area contributed by atoms with Crippen LogP contribution in [0.25, 0.3) is 16.9 Å². The molecule has 3 heterocycles. The molecule has 0 radical (unpaired) electrons. The van der Waals surface area contributed by atoms with E-state index in [-0.39, 0.29) is 6.29 Å². The van der Waals surface area contributed by atoms with E-state index in [0.717, 1.165) is 53.0 Å². The van der Waals surface area contributed by atoms with E-state index in [1.54, 1.807) is 18.0 Å². The molecular formula is C25H25N5O2S. The van der Waals surface area contributed by atoms with Crippen LogP contribution in [0, 0.1) is 6.92 Å². The highest BCUT2D eigenvalue weighted by molar-refractivity contribution is 7.99. The third-order valence-corrected chi connectivity index (χ3v) is 6.28. The van der Waals surface area contributed by atoms with Gasteiger partial charge >= 0.3 is 0 Å². The van der Waals surface area contributed by atoms with Crippen LogP contribution in [0.1, 0.15) is 12.1 Å². The first-order valence-corrected chi connectivity index (χ1v) is 11.9. The minimum Gasteiger partial charge on any atom is -0.352 e. The number of para-hydroxylation sites is 2. The molecule has 168 valence electrons. The summed E-state index contributed by atoms with van der Waals surface area (Å²) in [7, 11) is 0. The molecule has 4 aromatic rings. The number of anilines is 2. The Hall–Kier alpha value is -3.20. The van der Waals surface area contributed by atoms with Gasteiger partial charge in [-0.1, -0.05) is 48.2 Å². The molecular weight excluding hydrogens is 434 g/mol. The maximum absolute atomic E-state index is 5.74. The van der Waals surface area contributed by atoms with Crippen molar-refractivity contribution in [1.82, 2.24) is 19.7 Å². The monoisotopic (exact) mass is 459 g/mol. The molecule has 0 aliphatic carbocycles. The van der Waals surface area contributed by atoms with Crippen molar-refractivity contribution in [3.63, 3.8) is 0 Å². The van der Waals surface area contributed by atoms with E-state index in [9.17, 15) is 0 Å². The molecule has 0 atom stereocenters. The Morgan fingerprint density at radius 1 is 1.00 bits per heavy atom. The van der Waals surface area contributed by atoms with Crippen molar-refractivity contribution in [2.24, 2.45) is 0 Å². The largest absolute Gasteiger partial charge is 0.352 e. The normalized spacial score (nSPS) is 14.3. The fourth-order valence-corrected chi connectivity index (χ4v) is 4.70. The fourth-order valence-electron chi connectivity index (χ4n) is 3.68. The molecule has 1 fully saturated rings. The van der Waals surface area contributed by atoms with Crippen molar-refractivity contribution in [2.45, 2.75) is 24.7 Å². The number of thioether (sulfide) groups is 1. The van der Waals surface area contributed by atoms with Gasteiger partial charge in [-0.3, -0.25) is 0 Å². The van der Waals surface area contributed by atoms with Crippen LogP contribution in [-0.2, 0) is 9.47 Å². The van der Waals surface area contributed by atoms with Gasteiger partial charge in [-0.2, -0.15) is 5.10 Å². The minimum atomic E-state index is -0.223. The lowest BCUT2D eigenvalue weighted by Gasteiger charge is -2.22. The number of benzene rings is 2. The SMILES string of the molecule is Cc1c(-c2ccnc(Nc3ccccc3)n2)c(SCC2OCCCO2)nn1-c1ccccc1. The number of hydrogen-bond acceptors (Lipinski definition) is 7. The molecule has 0 bridgehead atoms. The molecule has 2 aromatic carbocycles. The maximum atomic E-state index is 5.74. The van der Waals surface area contributed by atoms with E-state index >= 15 is 0 Å². The second kappa shape index (κ2) is 10.2. The zero-order chi connectivity index (χ0) is 22.5. The van der Waals surface area contributed by atoms with Crippen molar-refractivity contribution in [1.29, 1.82) is 0 Å². The summed E-state index contributed by atoms with van der Waals surface area (Å²) < 4.78 is 13.4. The third kappa shape index (κ3) is 5.08. The smallest absolute Gasteiger partial charge is 0.227 e. The lowest BCUT2D eigenvalue weighted by Crippen LogP contribution is -2.26. The van der Waals surface area contributed by atoms with Gasteiger partial charge in [0.05, 0.1) is 41.6 Å². The second-order valence-electron chi connectivity index (χ2n) is 7.61. The van der Waals surface area contributed by atoms with E-state index in [0.29, 0.717) is 11.7 Å². The standard InChI is InChI=1S/C25H25N5O2S/c1-18-23(21-13-14-26-25(28-21)27-19-9-4-2-5-10-19)24(33-17-22-31-15-8-16-32-22)29-30(18)20-11-6-3-7-12-20/h2-7,9-14,22H,8,15-17H2,1H3,(H,26,27,28). The molecule has 0 unspecified atom stereocenters. The van der Waals surface area contributed by atoms with Crippen molar-refractivity contribution in [2.75, 3.05) is 24.3 Å². The van der Waals surface area contributed by atoms with Crippen molar-refractivity contribution >= 4 is 23.4 Å². The van der Waals surface area contributed by atoms with Gasteiger partial charge in [0.1, 0.15) is 5.03 Å². The molecule has 1 aliphatic rings. The summed E-state index contributed by atoms with van der Waals surface area (Å²) in [5.41, 5.74) is 4.75. The first-order chi connectivity index (χ1) is 16.3. The quantitative estimate of drug-likeness (QED) is 0.379. The third-order valence-electron chi connectivity index (χ3n) is 5.28. The molecule has 8 heteroatoms. The Morgan fingerprint density at radius 3 is 2.48 bits per heavy atom. The molecule has 0 amide bonds. The van der Waals surface area contributed by atoms with Gasteiger partial charge in [-0.25, -0.2) is 14.6 Å². The van der Waals surface area contributed by atoms with Crippen LogP contribution < -0.4 is 5.32 Å². The molecule has 0 saturated carbocycles. The Labute approximate surface area is 197 Å². The van der Waals surface area contributed by atoms with E-state index in [1.165, 1.54) is 0 Å². The average Bonchev–Trinajstić information content (AvgIpc) is 3.21. The van der Waals surface area contributed by atoms with Crippen LogP contribution in [0.15, 0.2) is 78.0 Å². The van der Waals surface area contributed by atoms with E-state index < -0.39 is 0 Å². The molecule has 1 saturated heterocycles. The van der Waals surface area contributed by atoms with Crippen LogP contribution in [0.2, 0.25) is 0 Å². The summed E-state index contributed by atoms with van der Waals surface area (Å²) in [5, 5.41) is 9.11. The van der Waals surface area contributed by atoms with Crippen molar-refractivity contribution < 1.29 is 9.47 Å². The number of rotatable bonds is 7. The van der Waals surface area contributed by atoms with Crippen LogP contribution >= 0.6 is 11.8 Å². The van der Waals surface area contributed by atoms with Gasteiger partial charge in [0.25, 0.3) is 0 Å². The maximum Gasteiger partial charge on any atom is 0.227 e. The highest BCUT2D eigenvalue weighted by atomic mass is 32.2. The predicted molar refractivity (Wildman–Crippen MR) is 130 cm³/mol. The van der Waals surface area contributed by atoms with Crippen LogP contribution in [0.3, 0.4) is 0 Å². The first kappa shape index (κ1) is 21.6. The molecule has 1 N–H and O–H groups in total. The number of ether oxygens (including phenoxy) is 2. The molecule has 7 nitrogen and oxygen atoms in total. The highest BCUT2D eigenvalue weighted by Gasteiger charge is 2.22. The minimum absolute atomic E-state index is 0.223. The number of aromatic nitrogens is 4. The molecule has 33 heavy (non-hydrogen) atoms. The second-order valence-corrected chi connectivity index (χ2v) is 8.61. The lowest BCUT2D eigenvalue weighted by molar-refractivity contribution is -0.164. The van der Waals surface area contributed by atoms with Gasteiger partial charge in [-0.05, 0) is 43.7 Å². The summed E-state index contributed by atoms with van der Waals surface area (Å²) in [4.78, 5) is 9.22. The molecule has 2 aromatic heterocycles. The molecule has 0 spiro atoms. The Bertz CT molecular complexity index is 1190. The topological polar surface area (TPSA) is 74.1 Å². The lowest BCUT2D eigenvalue weighted by atomic mass is 10.2. The summed E-state index contributed by atoms with van der Waals surface area (Å²) in [6.45, 7) is 3.53. The van der Waals surface area contributed by atoms with E-state index in [2.05, 4.69) is 17.2 Å². The summed E-state index contributed by atoms with van der Waals surface area (Å²) in [6.07, 6.45) is 2.49. The number of nitrogens with zero attached hydrogens (tertiary/aromatic N) is 4. The van der Waals surface area contributed by atoms with Crippen LogP contribution in [0.5, 0.6) is 0 Å². The van der Waals surface area contributed by atoms with Crippen LogP contribution in [-0.4, -0.2) is 45.0 Å². The highest BCUT2D eigenvalue weighted by Crippen LogP contribution is 2.35. The van der Waals surface area contributed by atoms with E-state index in [1.807, 2.05) is 71.4 Å². The van der Waals surface area contributed by atoms with Crippen molar-refractivity contribution in [3.8, 4) is 16.9 Å². The van der Waals surface area contributed by atoms with E-state index in [4.69, 9.17) is 19.6 Å². The number of nitrogens with one attached hydrogen (secondary N) is 1. The zero-order valence-corrected chi connectivity index (χ0v) is 19.2. The van der Waals surface area contributed by atoms with Crippen molar-refractivity contribution in [3.05, 3.63) is 78.6 Å². The van der Waals surface area contributed by atoms with Crippen LogP contribution in [0.4, 0.5) is 11.6 Å². The first-order valence-electron chi connectivity index (χ1n) is 10.9. The van der Waals surface area contributed by atoms with Gasteiger partial charge in [-0.15, -0.1) is 0 Å². The van der Waals surface area contributed by atoms with Gasteiger partial charge < -0.3 is 14.8 Å². The molecule has 5 rings (SSSR count). The Kier molecular flexibility index (Phi) is 6.66. The van der Waals surface area contributed by atoms with Gasteiger partial charge in [0, 0.05) is 11.9 Å². The summed E-state index contributed by atoms with van der Waals surface area (Å²) in [6, 6.07) is 22.0. The Balaban J connectivity index is 1.49. The van der Waals surface area contributed by atoms with Gasteiger partial charge in [0.15, 0.2) is 6.29 Å². The van der Waals surface area contributed by atoms with Gasteiger partial charge in [0.2, 0.25) is 5.95 Å². The zero-order valence-electron chi connectivity index (χ0n) is 18.3. The predicted octanol–water partition coefficient (Wildman–Crippen LogP) is 5.24. The Morgan fingerprint density at radius 2 is 1.73 bits per heavy atom. The summed E-state index contributed by atoms with van der Waals surface area (Å²) >= 11 is 1.63. The average molecular weight is 460 g/mol. The molecule has 1 aliphatic heterocycles. The summed E-state index contributed by atoms with van der Waals surface area (Å²) in [5.74, 6) is 1.21. The number of hydrogen-bond donors (Lipinski definition) is 1. The fraction of sp³-hybridized carbons (Fsp3) is 0.240.